The summed E-state index contributed by atoms with van der Waals surface area (Å²) in [5, 5.41) is 9.72. The molecule has 1 fully saturated rings. The number of rotatable bonds is 7. The van der Waals surface area contributed by atoms with Gasteiger partial charge in [-0.3, -0.25) is 9.69 Å². The van der Waals surface area contributed by atoms with E-state index in [0.29, 0.717) is 12.5 Å². The minimum absolute atomic E-state index is 0.234. The molecular formula is C16H29N5OS. The van der Waals surface area contributed by atoms with Crippen LogP contribution in [-0.4, -0.2) is 69.5 Å². The Bertz CT molecular complexity index is 515. The fourth-order valence-electron chi connectivity index (χ4n) is 3.33. The third kappa shape index (κ3) is 4.26. The van der Waals surface area contributed by atoms with Gasteiger partial charge in [-0.2, -0.15) is 0 Å². The summed E-state index contributed by atoms with van der Waals surface area (Å²) in [6.07, 6.45) is 4.28. The first-order valence-corrected chi connectivity index (χ1v) is 9.84. The first-order valence-electron chi connectivity index (χ1n) is 8.61. The molecule has 1 aromatic heterocycles. The van der Waals surface area contributed by atoms with Crippen molar-refractivity contribution >= 4 is 17.7 Å². The molecule has 1 saturated heterocycles. The lowest BCUT2D eigenvalue weighted by Gasteiger charge is -2.33. The number of hydrogen-bond donors (Lipinski definition) is 0. The number of likely N-dealkylation sites (N-methyl/N-ethyl adjacent to an activating group) is 1. The van der Waals surface area contributed by atoms with Crippen LogP contribution in [0.3, 0.4) is 0 Å². The van der Waals surface area contributed by atoms with Crippen LogP contribution >= 0.6 is 11.8 Å². The lowest BCUT2D eigenvalue weighted by atomic mass is 9.97. The minimum Gasteiger partial charge on any atom is -0.342 e. The molecule has 0 radical (unpaired) electrons. The van der Waals surface area contributed by atoms with Crippen LogP contribution in [0.4, 0.5) is 0 Å². The summed E-state index contributed by atoms with van der Waals surface area (Å²) >= 11 is 1.64. The molecule has 2 heterocycles. The first kappa shape index (κ1) is 18.3. The Balaban J connectivity index is 2.03. The van der Waals surface area contributed by atoms with Crippen molar-refractivity contribution in [3.05, 3.63) is 5.82 Å². The molecule has 0 bridgehead atoms. The molecule has 23 heavy (non-hydrogen) atoms. The van der Waals surface area contributed by atoms with Gasteiger partial charge in [0.25, 0.3) is 0 Å². The number of thioether (sulfide) groups is 1. The lowest BCUT2D eigenvalue weighted by molar-refractivity contribution is -0.132. The maximum Gasteiger partial charge on any atom is 0.236 e. The second-order valence-corrected chi connectivity index (χ2v) is 6.70. The van der Waals surface area contributed by atoms with E-state index in [1.165, 1.54) is 0 Å². The molecule has 1 aliphatic rings. The first-order chi connectivity index (χ1) is 11.1. The van der Waals surface area contributed by atoms with Crippen LogP contribution in [0.1, 0.15) is 45.4 Å². The van der Waals surface area contributed by atoms with Gasteiger partial charge in [-0.15, -0.1) is 10.2 Å². The number of piperidine rings is 1. The van der Waals surface area contributed by atoms with Gasteiger partial charge in [0.2, 0.25) is 5.91 Å². The third-order valence-electron chi connectivity index (χ3n) is 4.59. The fraction of sp³-hybridized carbons (Fsp3) is 0.812. The van der Waals surface area contributed by atoms with E-state index in [9.17, 15) is 4.79 Å². The number of carbonyl (C=O) groups excluding carboxylic acids is 1. The maximum absolute atomic E-state index is 12.3. The molecule has 0 aliphatic carbocycles. The molecule has 1 aliphatic heterocycles. The summed E-state index contributed by atoms with van der Waals surface area (Å²) in [7, 11) is 0. The third-order valence-corrected chi connectivity index (χ3v) is 5.26. The molecule has 0 aromatic carbocycles. The highest BCUT2D eigenvalue weighted by atomic mass is 32.2. The molecule has 7 heteroatoms. The molecule has 0 spiro atoms. The SMILES string of the molecule is CCN(CC)C(=O)CN1CCCC(c2nnc(SC)n2CC)C1. The normalized spacial score (nSPS) is 19.0. The largest absolute Gasteiger partial charge is 0.342 e. The highest BCUT2D eigenvalue weighted by molar-refractivity contribution is 7.98. The maximum atomic E-state index is 12.3. The van der Waals surface area contributed by atoms with Gasteiger partial charge in [0.1, 0.15) is 5.82 Å². The second kappa shape index (κ2) is 8.68. The van der Waals surface area contributed by atoms with Gasteiger partial charge in [-0.1, -0.05) is 11.8 Å². The Hall–Kier alpha value is -1.08. The van der Waals surface area contributed by atoms with Crippen molar-refractivity contribution in [2.24, 2.45) is 0 Å². The van der Waals surface area contributed by atoms with E-state index in [0.717, 1.165) is 56.5 Å². The molecule has 2 rings (SSSR count). The van der Waals surface area contributed by atoms with E-state index in [1.807, 2.05) is 25.0 Å². The van der Waals surface area contributed by atoms with Gasteiger partial charge in [-0.05, 0) is 46.4 Å². The van der Waals surface area contributed by atoms with E-state index in [1.54, 1.807) is 11.8 Å². The summed E-state index contributed by atoms with van der Waals surface area (Å²) in [5.74, 6) is 1.69. The van der Waals surface area contributed by atoms with Gasteiger partial charge in [0.05, 0.1) is 6.54 Å². The lowest BCUT2D eigenvalue weighted by Crippen LogP contribution is -2.44. The zero-order valence-corrected chi connectivity index (χ0v) is 15.6. The Morgan fingerprint density at radius 1 is 1.30 bits per heavy atom. The van der Waals surface area contributed by atoms with Crippen LogP contribution in [0.2, 0.25) is 0 Å². The molecule has 130 valence electrons. The van der Waals surface area contributed by atoms with E-state index in [-0.39, 0.29) is 5.91 Å². The molecule has 0 N–H and O–H groups in total. The minimum atomic E-state index is 0.234. The monoisotopic (exact) mass is 339 g/mol. The van der Waals surface area contributed by atoms with Gasteiger partial charge in [-0.25, -0.2) is 0 Å². The summed E-state index contributed by atoms with van der Waals surface area (Å²) < 4.78 is 2.21. The molecule has 1 aromatic rings. The smallest absolute Gasteiger partial charge is 0.236 e. The van der Waals surface area contributed by atoms with Crippen molar-refractivity contribution in [2.45, 2.75) is 51.2 Å². The molecular weight excluding hydrogens is 310 g/mol. The number of nitrogens with zero attached hydrogens (tertiary/aromatic N) is 5. The van der Waals surface area contributed by atoms with Crippen LogP contribution < -0.4 is 0 Å². The zero-order valence-electron chi connectivity index (χ0n) is 14.8. The second-order valence-electron chi connectivity index (χ2n) is 5.93. The van der Waals surface area contributed by atoms with E-state index in [4.69, 9.17) is 0 Å². The standard InChI is InChI=1S/C16H29N5OS/c1-5-20(6-2)14(22)12-19-10-8-9-13(11-19)15-17-18-16(23-4)21(15)7-3/h13H,5-12H2,1-4H3. The topological polar surface area (TPSA) is 54.3 Å². The van der Waals surface area contributed by atoms with Crippen LogP contribution in [0.5, 0.6) is 0 Å². The quantitative estimate of drug-likeness (QED) is 0.712. The van der Waals surface area contributed by atoms with E-state index >= 15 is 0 Å². The van der Waals surface area contributed by atoms with Gasteiger partial charge in [0, 0.05) is 32.1 Å². The van der Waals surface area contributed by atoms with Gasteiger partial charge < -0.3 is 9.47 Å². The van der Waals surface area contributed by atoms with Crippen molar-refractivity contribution in [3.8, 4) is 0 Å². The molecule has 0 saturated carbocycles. The predicted octanol–water partition coefficient (Wildman–Crippen LogP) is 2.07. The molecule has 1 atom stereocenters. The summed E-state index contributed by atoms with van der Waals surface area (Å²) in [4.78, 5) is 16.5. The van der Waals surface area contributed by atoms with Crippen molar-refractivity contribution in [2.75, 3.05) is 39.0 Å². The average molecular weight is 340 g/mol. The van der Waals surface area contributed by atoms with E-state index in [2.05, 4.69) is 26.6 Å². The molecule has 1 amide bonds. The van der Waals surface area contributed by atoms with Crippen molar-refractivity contribution in [3.63, 3.8) is 0 Å². The number of carbonyl (C=O) groups is 1. The number of likely N-dealkylation sites (tertiary alicyclic amines) is 1. The van der Waals surface area contributed by atoms with Crippen molar-refractivity contribution in [1.82, 2.24) is 24.6 Å². The van der Waals surface area contributed by atoms with Crippen LogP contribution in [0, 0.1) is 0 Å². The van der Waals surface area contributed by atoms with E-state index < -0.39 is 0 Å². The number of hydrogen-bond acceptors (Lipinski definition) is 5. The van der Waals surface area contributed by atoms with Gasteiger partial charge in [0.15, 0.2) is 5.16 Å². The average Bonchev–Trinajstić information content (AvgIpc) is 2.99. The molecule has 1 unspecified atom stereocenters. The molecule has 6 nitrogen and oxygen atoms in total. The highest BCUT2D eigenvalue weighted by Gasteiger charge is 2.28. The van der Waals surface area contributed by atoms with Crippen molar-refractivity contribution in [1.29, 1.82) is 0 Å². The Morgan fingerprint density at radius 2 is 2.04 bits per heavy atom. The zero-order chi connectivity index (χ0) is 16.8. The van der Waals surface area contributed by atoms with Gasteiger partial charge >= 0.3 is 0 Å². The summed E-state index contributed by atoms with van der Waals surface area (Å²) in [6.45, 7) is 11.1. The Kier molecular flexibility index (Phi) is 6.89. The number of amides is 1. The van der Waals surface area contributed by atoms with Crippen LogP contribution in [-0.2, 0) is 11.3 Å². The van der Waals surface area contributed by atoms with Crippen molar-refractivity contribution < 1.29 is 4.79 Å². The Labute approximate surface area is 143 Å². The Morgan fingerprint density at radius 3 is 2.65 bits per heavy atom. The van der Waals surface area contributed by atoms with Crippen LogP contribution in [0.25, 0.3) is 0 Å². The fourth-order valence-corrected chi connectivity index (χ4v) is 3.89. The summed E-state index contributed by atoms with van der Waals surface area (Å²) in [6, 6.07) is 0. The summed E-state index contributed by atoms with van der Waals surface area (Å²) in [5.41, 5.74) is 0. The van der Waals surface area contributed by atoms with Crippen LogP contribution in [0.15, 0.2) is 5.16 Å². The predicted molar refractivity (Wildman–Crippen MR) is 93.8 cm³/mol. The number of aromatic nitrogens is 3. The highest BCUT2D eigenvalue weighted by Crippen LogP contribution is 2.27.